The second-order valence-electron chi connectivity index (χ2n) is 7.79. The first-order valence-electron chi connectivity index (χ1n) is 9.53. The molecule has 0 radical (unpaired) electrons. The molecule has 1 saturated carbocycles. The van der Waals surface area contributed by atoms with Gasteiger partial charge in [0.25, 0.3) is 5.91 Å². The lowest BCUT2D eigenvalue weighted by atomic mass is 9.63. The molecular formula is C20H22F2N4O3. The summed E-state index contributed by atoms with van der Waals surface area (Å²) in [5.41, 5.74) is -1.12. The minimum atomic E-state index is -1.28. The molecule has 1 saturated heterocycles. The van der Waals surface area contributed by atoms with Gasteiger partial charge in [0.15, 0.2) is 0 Å². The van der Waals surface area contributed by atoms with E-state index in [9.17, 15) is 23.5 Å². The van der Waals surface area contributed by atoms with Gasteiger partial charge < -0.3 is 15.3 Å². The fraction of sp³-hybridized carbons (Fsp3) is 0.450. The number of rotatable bonds is 4. The lowest BCUT2D eigenvalue weighted by Crippen LogP contribution is -2.55. The Morgan fingerprint density at radius 2 is 1.93 bits per heavy atom. The van der Waals surface area contributed by atoms with Crippen molar-refractivity contribution >= 4 is 11.8 Å². The van der Waals surface area contributed by atoms with Crippen LogP contribution in [0.4, 0.5) is 8.78 Å². The predicted octanol–water partition coefficient (Wildman–Crippen LogP) is 1.12. The zero-order valence-corrected chi connectivity index (χ0v) is 15.9. The molecule has 0 spiro atoms. The van der Waals surface area contributed by atoms with E-state index in [0.29, 0.717) is 24.8 Å². The van der Waals surface area contributed by atoms with Crippen LogP contribution < -0.4 is 5.32 Å². The van der Waals surface area contributed by atoms with Crippen LogP contribution in [-0.4, -0.2) is 56.8 Å². The van der Waals surface area contributed by atoms with Gasteiger partial charge in [-0.15, -0.1) is 0 Å². The monoisotopic (exact) mass is 404 g/mol. The average Bonchev–Trinajstić information content (AvgIpc) is 3.22. The molecular weight excluding hydrogens is 382 g/mol. The number of aromatic nitrogens is 2. The summed E-state index contributed by atoms with van der Waals surface area (Å²) < 4.78 is 30.2. The Balaban J connectivity index is 1.50. The summed E-state index contributed by atoms with van der Waals surface area (Å²) in [5.74, 6) is -2.32. The summed E-state index contributed by atoms with van der Waals surface area (Å²) in [5, 5.41) is 17.1. The van der Waals surface area contributed by atoms with E-state index in [4.69, 9.17) is 0 Å². The summed E-state index contributed by atoms with van der Waals surface area (Å²) >= 11 is 0. The van der Waals surface area contributed by atoms with E-state index in [1.54, 1.807) is 13.2 Å². The van der Waals surface area contributed by atoms with Crippen molar-refractivity contribution in [2.45, 2.75) is 36.8 Å². The summed E-state index contributed by atoms with van der Waals surface area (Å²) in [6, 6.07) is 2.84. The van der Waals surface area contributed by atoms with Gasteiger partial charge in [-0.25, -0.2) is 8.78 Å². The first-order chi connectivity index (χ1) is 13.8. The zero-order valence-electron chi connectivity index (χ0n) is 15.9. The van der Waals surface area contributed by atoms with Gasteiger partial charge in [-0.05, 0) is 25.0 Å². The van der Waals surface area contributed by atoms with E-state index in [0.717, 1.165) is 12.1 Å². The Morgan fingerprint density at radius 3 is 2.48 bits per heavy atom. The normalized spacial score (nSPS) is 23.0. The molecule has 2 aromatic rings. The van der Waals surface area contributed by atoms with Gasteiger partial charge in [-0.2, -0.15) is 5.10 Å². The molecule has 154 valence electrons. The van der Waals surface area contributed by atoms with Crippen molar-refractivity contribution in [1.29, 1.82) is 0 Å². The second-order valence-corrected chi connectivity index (χ2v) is 7.79. The van der Waals surface area contributed by atoms with E-state index in [2.05, 4.69) is 10.4 Å². The van der Waals surface area contributed by atoms with Gasteiger partial charge in [-0.1, -0.05) is 12.5 Å². The van der Waals surface area contributed by atoms with Crippen molar-refractivity contribution in [2.24, 2.45) is 7.05 Å². The molecule has 1 aliphatic carbocycles. The fourth-order valence-electron chi connectivity index (χ4n) is 4.19. The molecule has 1 aromatic carbocycles. The largest absolute Gasteiger partial charge is 0.389 e. The number of halogens is 2. The third-order valence-corrected chi connectivity index (χ3v) is 5.93. The molecule has 0 bridgehead atoms. The second kappa shape index (κ2) is 7.22. The molecule has 1 aromatic heterocycles. The number of nitrogens with one attached hydrogen (secondary N) is 1. The van der Waals surface area contributed by atoms with Crippen LogP contribution in [0.2, 0.25) is 0 Å². The first-order valence-corrected chi connectivity index (χ1v) is 9.53. The number of amides is 2. The summed E-state index contributed by atoms with van der Waals surface area (Å²) in [7, 11) is 1.69. The van der Waals surface area contributed by atoms with Crippen LogP contribution in [0.25, 0.3) is 0 Å². The summed E-state index contributed by atoms with van der Waals surface area (Å²) in [6.07, 6.45) is 3.38. The molecule has 2 aliphatic rings. The number of carbonyl (C=O) groups is 2. The van der Waals surface area contributed by atoms with E-state index in [1.165, 1.54) is 21.8 Å². The van der Waals surface area contributed by atoms with E-state index in [-0.39, 0.29) is 24.6 Å². The molecule has 1 aliphatic heterocycles. The SMILES string of the molecule is Cn1cc(C(=O)N2C[C@@H](O)[C@H](NC(=O)C3(c4c(F)cccc4F)CCC3)C2)cn1. The van der Waals surface area contributed by atoms with E-state index < -0.39 is 35.1 Å². The quantitative estimate of drug-likeness (QED) is 0.800. The Labute approximate surface area is 166 Å². The van der Waals surface area contributed by atoms with Crippen molar-refractivity contribution in [3.8, 4) is 0 Å². The summed E-state index contributed by atoms with van der Waals surface area (Å²) in [4.78, 5) is 27.0. The highest BCUT2D eigenvalue weighted by molar-refractivity contribution is 5.94. The Kier molecular flexibility index (Phi) is 4.85. The molecule has 29 heavy (non-hydrogen) atoms. The molecule has 0 unspecified atom stereocenters. The molecule has 2 amide bonds. The minimum Gasteiger partial charge on any atom is -0.389 e. The molecule has 2 heterocycles. The zero-order chi connectivity index (χ0) is 20.8. The lowest BCUT2D eigenvalue weighted by Gasteiger charge is -2.41. The van der Waals surface area contributed by atoms with Crippen molar-refractivity contribution in [3.63, 3.8) is 0 Å². The Hall–Kier alpha value is -2.81. The van der Waals surface area contributed by atoms with Crippen LogP contribution in [0.3, 0.4) is 0 Å². The lowest BCUT2D eigenvalue weighted by molar-refractivity contribution is -0.131. The highest BCUT2D eigenvalue weighted by Gasteiger charge is 2.50. The summed E-state index contributed by atoms with van der Waals surface area (Å²) in [6.45, 7) is 0.163. The van der Waals surface area contributed by atoms with Crippen molar-refractivity contribution in [3.05, 3.63) is 53.4 Å². The molecule has 2 N–H and O–H groups in total. The number of nitrogens with zero attached hydrogens (tertiary/aromatic N) is 3. The number of aryl methyl sites for hydroxylation is 1. The van der Waals surface area contributed by atoms with Gasteiger partial charge >= 0.3 is 0 Å². The smallest absolute Gasteiger partial charge is 0.257 e. The van der Waals surface area contributed by atoms with Gasteiger partial charge in [0.05, 0.1) is 29.3 Å². The van der Waals surface area contributed by atoms with Crippen LogP contribution in [-0.2, 0) is 17.3 Å². The fourth-order valence-corrected chi connectivity index (χ4v) is 4.19. The topological polar surface area (TPSA) is 87.5 Å². The van der Waals surface area contributed by atoms with Crippen LogP contribution in [0, 0.1) is 11.6 Å². The number of carbonyl (C=O) groups excluding carboxylic acids is 2. The maximum atomic E-state index is 14.3. The number of hydrogen-bond donors (Lipinski definition) is 2. The van der Waals surface area contributed by atoms with E-state index >= 15 is 0 Å². The Bertz CT molecular complexity index is 937. The number of aliphatic hydroxyl groups excluding tert-OH is 1. The highest BCUT2D eigenvalue weighted by atomic mass is 19.1. The van der Waals surface area contributed by atoms with Crippen molar-refractivity contribution in [1.82, 2.24) is 20.0 Å². The minimum absolute atomic E-state index is 0.0553. The van der Waals surface area contributed by atoms with Crippen LogP contribution in [0.1, 0.15) is 35.2 Å². The number of hydrogen-bond acceptors (Lipinski definition) is 4. The maximum Gasteiger partial charge on any atom is 0.257 e. The number of aliphatic hydroxyl groups is 1. The van der Waals surface area contributed by atoms with Crippen LogP contribution in [0.15, 0.2) is 30.6 Å². The average molecular weight is 404 g/mol. The third kappa shape index (κ3) is 3.29. The molecule has 7 nitrogen and oxygen atoms in total. The van der Waals surface area contributed by atoms with Gasteiger partial charge in [0, 0.05) is 31.9 Å². The Morgan fingerprint density at radius 1 is 1.24 bits per heavy atom. The van der Waals surface area contributed by atoms with Gasteiger partial charge in [0.1, 0.15) is 11.6 Å². The molecule has 9 heteroatoms. The van der Waals surface area contributed by atoms with Crippen LogP contribution in [0.5, 0.6) is 0 Å². The molecule has 2 atom stereocenters. The number of β-amino-alcohol motifs (C(OH)–C–C–N with tert-alkyl or cyclic N) is 1. The van der Waals surface area contributed by atoms with Gasteiger partial charge in [0.2, 0.25) is 5.91 Å². The predicted molar refractivity (Wildman–Crippen MR) is 98.9 cm³/mol. The maximum absolute atomic E-state index is 14.3. The number of likely N-dealkylation sites (tertiary alicyclic amines) is 1. The van der Waals surface area contributed by atoms with Crippen LogP contribution >= 0.6 is 0 Å². The van der Waals surface area contributed by atoms with Gasteiger partial charge in [-0.3, -0.25) is 14.3 Å². The first kappa shape index (κ1) is 19.5. The molecule has 4 rings (SSSR count). The standard InChI is InChI=1S/C20H22F2N4O3/c1-25-9-12(8-23-25)18(28)26-10-15(16(27)11-26)24-19(29)20(6-3-7-20)17-13(21)4-2-5-14(17)22/h2,4-5,8-9,15-16,27H,3,6-7,10-11H2,1H3,(H,24,29)/t15-,16-/m1/s1. The third-order valence-electron chi connectivity index (χ3n) is 5.93. The van der Waals surface area contributed by atoms with E-state index in [1.807, 2.05) is 0 Å². The van der Waals surface area contributed by atoms with Crippen molar-refractivity contribution in [2.75, 3.05) is 13.1 Å². The van der Waals surface area contributed by atoms with Crippen molar-refractivity contribution < 1.29 is 23.5 Å². The highest BCUT2D eigenvalue weighted by Crippen LogP contribution is 2.46. The number of benzene rings is 1. The molecule has 2 fully saturated rings.